The van der Waals surface area contributed by atoms with Gasteiger partial charge in [0.1, 0.15) is 0 Å². The van der Waals surface area contributed by atoms with Gasteiger partial charge in [0.25, 0.3) is 5.56 Å². The van der Waals surface area contributed by atoms with Gasteiger partial charge in [-0.3, -0.25) is 9.36 Å². The highest BCUT2D eigenvalue weighted by molar-refractivity contribution is 5.85. The van der Waals surface area contributed by atoms with Crippen molar-refractivity contribution in [3.63, 3.8) is 0 Å². The number of anilines is 1. The zero-order chi connectivity index (χ0) is 13.6. The van der Waals surface area contributed by atoms with Crippen LogP contribution in [0.1, 0.15) is 11.3 Å². The maximum Gasteiger partial charge on any atom is 0.272 e. The van der Waals surface area contributed by atoms with E-state index in [0.29, 0.717) is 11.3 Å². The molecule has 0 spiro atoms. The van der Waals surface area contributed by atoms with Crippen LogP contribution in [0.25, 0.3) is 16.7 Å². The number of fused-ring (bicyclic) bond motifs is 1. The predicted octanol–water partition coefficient (Wildman–Crippen LogP) is 1.07. The van der Waals surface area contributed by atoms with E-state index < -0.39 is 0 Å². The number of nitrogen functional groups attached to an aromatic ring is 1. The zero-order valence-corrected chi connectivity index (χ0v) is 10.2. The Morgan fingerprint density at radius 2 is 2.16 bits per heavy atom. The predicted molar refractivity (Wildman–Crippen MR) is 74.3 cm³/mol. The molecular formula is C14H10N4O. The summed E-state index contributed by atoms with van der Waals surface area (Å²) in [5.74, 6) is 2.54. The van der Waals surface area contributed by atoms with Gasteiger partial charge in [0.15, 0.2) is 5.65 Å². The van der Waals surface area contributed by atoms with Crippen LogP contribution in [0.3, 0.4) is 0 Å². The second kappa shape index (κ2) is 3.82. The Kier molecular flexibility index (Phi) is 2.26. The van der Waals surface area contributed by atoms with Gasteiger partial charge in [0.05, 0.1) is 17.0 Å². The normalized spacial score (nSPS) is 12.9. The molecule has 1 aliphatic carbocycles. The number of hydrogen-bond acceptors (Lipinski definition) is 4. The van der Waals surface area contributed by atoms with E-state index in [4.69, 9.17) is 12.2 Å². The topological polar surface area (TPSA) is 73.8 Å². The number of nitrogens with zero attached hydrogens (tertiary/aromatic N) is 3. The molecule has 0 unspecified atom stereocenters. The lowest BCUT2D eigenvalue weighted by Gasteiger charge is -2.15. The summed E-state index contributed by atoms with van der Waals surface area (Å²) >= 11 is 0. The summed E-state index contributed by atoms with van der Waals surface area (Å²) in [5.41, 5.74) is 7.57. The van der Waals surface area contributed by atoms with Gasteiger partial charge in [-0.05, 0) is 25.1 Å². The summed E-state index contributed by atoms with van der Waals surface area (Å²) < 4.78 is 1.47. The molecule has 2 heterocycles. The number of nitrogens with two attached hydrogens (primary N) is 1. The van der Waals surface area contributed by atoms with Crippen molar-refractivity contribution in [3.8, 4) is 12.3 Å². The lowest BCUT2D eigenvalue weighted by atomic mass is 10.1. The van der Waals surface area contributed by atoms with Gasteiger partial charge in [-0.1, -0.05) is 12.0 Å². The van der Waals surface area contributed by atoms with Gasteiger partial charge in [0.2, 0.25) is 5.95 Å². The highest BCUT2D eigenvalue weighted by Crippen LogP contribution is 2.21. The Morgan fingerprint density at radius 1 is 1.42 bits per heavy atom. The Morgan fingerprint density at radius 3 is 2.74 bits per heavy atom. The molecular weight excluding hydrogens is 240 g/mol. The first-order chi connectivity index (χ1) is 9.11. The quantitative estimate of drug-likeness (QED) is 0.768. The second-order valence-corrected chi connectivity index (χ2v) is 4.20. The molecule has 3 rings (SSSR count). The smallest absolute Gasteiger partial charge is 0.272 e. The molecule has 0 bridgehead atoms. The first kappa shape index (κ1) is 11.2. The van der Waals surface area contributed by atoms with Crippen molar-refractivity contribution in [2.45, 2.75) is 6.92 Å². The Labute approximate surface area is 109 Å². The van der Waals surface area contributed by atoms with Crippen LogP contribution in [-0.2, 0) is 0 Å². The van der Waals surface area contributed by atoms with Gasteiger partial charge >= 0.3 is 0 Å². The van der Waals surface area contributed by atoms with Crippen LogP contribution in [0.2, 0.25) is 0 Å². The molecule has 0 fully saturated rings. The molecule has 2 aromatic heterocycles. The molecule has 0 aliphatic heterocycles. The van der Waals surface area contributed by atoms with Gasteiger partial charge in [0, 0.05) is 5.39 Å². The minimum atomic E-state index is -0.275. The first-order valence-corrected chi connectivity index (χ1v) is 5.67. The summed E-state index contributed by atoms with van der Waals surface area (Å²) in [7, 11) is 0. The van der Waals surface area contributed by atoms with Crippen LogP contribution in [-0.4, -0.2) is 14.5 Å². The first-order valence-electron chi connectivity index (χ1n) is 5.67. The van der Waals surface area contributed by atoms with E-state index in [0.717, 1.165) is 11.1 Å². The van der Waals surface area contributed by atoms with Crippen LogP contribution in [0.5, 0.6) is 0 Å². The van der Waals surface area contributed by atoms with Gasteiger partial charge in [-0.25, -0.2) is 4.98 Å². The second-order valence-electron chi connectivity index (χ2n) is 4.20. The third kappa shape index (κ3) is 1.54. The highest BCUT2D eigenvalue weighted by Gasteiger charge is 2.15. The fourth-order valence-electron chi connectivity index (χ4n) is 2.02. The van der Waals surface area contributed by atoms with Gasteiger partial charge < -0.3 is 5.73 Å². The van der Waals surface area contributed by atoms with Crippen LogP contribution < -0.4 is 11.3 Å². The molecule has 19 heavy (non-hydrogen) atoms. The van der Waals surface area contributed by atoms with Crippen molar-refractivity contribution in [2.24, 2.45) is 0 Å². The molecule has 5 nitrogen and oxygen atoms in total. The largest absolute Gasteiger partial charge is 0.368 e. The van der Waals surface area contributed by atoms with Crippen molar-refractivity contribution >= 4 is 22.7 Å². The number of pyridine rings is 1. The molecule has 2 N–H and O–H groups in total. The van der Waals surface area contributed by atoms with Crippen LogP contribution in [0, 0.1) is 19.3 Å². The van der Waals surface area contributed by atoms with E-state index in [1.165, 1.54) is 4.57 Å². The fourth-order valence-corrected chi connectivity index (χ4v) is 2.02. The molecule has 0 saturated carbocycles. The molecule has 2 aromatic rings. The molecule has 0 atom stereocenters. The van der Waals surface area contributed by atoms with Crippen LogP contribution in [0.15, 0.2) is 29.1 Å². The van der Waals surface area contributed by atoms with Crippen molar-refractivity contribution in [1.82, 2.24) is 14.5 Å². The molecule has 1 aliphatic rings. The number of terminal acetylenes is 1. The molecule has 0 saturated heterocycles. The molecule has 0 radical (unpaired) electrons. The Bertz CT molecular complexity index is 866. The third-order valence-electron chi connectivity index (χ3n) is 3.02. The van der Waals surface area contributed by atoms with E-state index >= 15 is 0 Å². The van der Waals surface area contributed by atoms with Crippen molar-refractivity contribution in [1.29, 1.82) is 0 Å². The lowest BCUT2D eigenvalue weighted by Crippen LogP contribution is -2.24. The third-order valence-corrected chi connectivity index (χ3v) is 3.02. The minimum absolute atomic E-state index is 0.135. The van der Waals surface area contributed by atoms with Crippen molar-refractivity contribution < 1.29 is 0 Å². The average molecular weight is 250 g/mol. The molecule has 0 aromatic carbocycles. The van der Waals surface area contributed by atoms with E-state index in [1.54, 1.807) is 13.0 Å². The summed E-state index contributed by atoms with van der Waals surface area (Å²) in [6.45, 7) is 1.81. The van der Waals surface area contributed by atoms with Crippen LogP contribution in [0.4, 0.5) is 5.95 Å². The maximum absolute atomic E-state index is 12.3. The number of rotatable bonds is 1. The molecule has 92 valence electrons. The number of hydrogen-bond donors (Lipinski definition) is 1. The van der Waals surface area contributed by atoms with E-state index in [-0.39, 0.29) is 17.1 Å². The molecule has 0 amide bonds. The van der Waals surface area contributed by atoms with E-state index in [2.05, 4.69) is 15.9 Å². The van der Waals surface area contributed by atoms with E-state index in [9.17, 15) is 4.79 Å². The van der Waals surface area contributed by atoms with Crippen molar-refractivity contribution in [3.05, 3.63) is 45.9 Å². The number of aryl methyl sites for hydroxylation is 1. The highest BCUT2D eigenvalue weighted by atomic mass is 16.1. The van der Waals surface area contributed by atoms with Gasteiger partial charge in [-0.2, -0.15) is 4.98 Å². The fraction of sp³-hybridized carbons (Fsp3) is 0.0714. The number of aromatic nitrogens is 3. The zero-order valence-electron chi connectivity index (χ0n) is 10.2. The summed E-state index contributed by atoms with van der Waals surface area (Å²) in [6, 6.07) is 1.63. The Hall–Kier alpha value is -2.87. The maximum atomic E-state index is 12.3. The van der Waals surface area contributed by atoms with Crippen LogP contribution >= 0.6 is 0 Å². The number of allylic oxidation sites excluding steroid dienone is 4. The standard InChI is InChI=1S/C14H10N4O/c1-3-9-7-11-8(2)16-14(15)17-12(11)18(13(9)19)10-5-4-6-10/h1,4-7H,2H3,(H2,15,16,17). The average Bonchev–Trinajstić information content (AvgIpc) is 2.30. The SMILES string of the molecule is C#Cc1cc2c(C)nc(N)nc2n(C2=CC=C2)c1=O. The minimum Gasteiger partial charge on any atom is -0.368 e. The summed E-state index contributed by atoms with van der Waals surface area (Å²) in [4.78, 5) is 20.6. The summed E-state index contributed by atoms with van der Waals surface area (Å²) in [6.07, 6.45) is 10.9. The summed E-state index contributed by atoms with van der Waals surface area (Å²) in [5, 5.41) is 0.725. The monoisotopic (exact) mass is 250 g/mol. The lowest BCUT2D eigenvalue weighted by molar-refractivity contribution is 1.02. The van der Waals surface area contributed by atoms with E-state index in [1.807, 2.05) is 18.2 Å². The molecule has 5 heteroatoms. The Balaban J connectivity index is 2.53. The van der Waals surface area contributed by atoms with Gasteiger partial charge in [-0.15, -0.1) is 6.42 Å². The van der Waals surface area contributed by atoms with Crippen molar-refractivity contribution in [2.75, 3.05) is 5.73 Å².